The number of nitrogens with two attached hydrogens (primary N) is 1. The number of hydrogen-bond acceptors (Lipinski definition) is 4. The second kappa shape index (κ2) is 2.80. The summed E-state index contributed by atoms with van der Waals surface area (Å²) in [6.07, 6.45) is 0. The van der Waals surface area contributed by atoms with Crippen molar-refractivity contribution >= 4 is 0 Å². The molecule has 0 aliphatic heterocycles. The predicted molar refractivity (Wildman–Crippen MR) is 33.8 cm³/mol. The fourth-order valence-electron chi connectivity index (χ4n) is 0.543. The van der Waals surface area contributed by atoms with Crippen molar-refractivity contribution in [2.24, 2.45) is 5.90 Å². The zero-order valence-electron chi connectivity index (χ0n) is 5.11. The third-order valence-electron chi connectivity index (χ3n) is 0.959. The van der Waals surface area contributed by atoms with Crippen molar-refractivity contribution in [1.29, 1.82) is 5.26 Å². The fourth-order valence-corrected chi connectivity index (χ4v) is 0.543. The lowest BCUT2D eigenvalue weighted by Gasteiger charge is -1.94. The molecule has 0 fully saturated rings. The van der Waals surface area contributed by atoms with Gasteiger partial charge in [0.25, 0.3) is 0 Å². The summed E-state index contributed by atoms with van der Waals surface area (Å²) in [4.78, 5) is 8.00. The Kier molecular flexibility index (Phi) is 1.83. The summed E-state index contributed by atoms with van der Waals surface area (Å²) >= 11 is 0. The van der Waals surface area contributed by atoms with Gasteiger partial charge in [-0.1, -0.05) is 6.07 Å². The molecule has 4 nitrogen and oxygen atoms in total. The molecule has 4 heteroatoms. The maximum atomic E-state index is 8.35. The maximum absolute atomic E-state index is 8.35. The highest BCUT2D eigenvalue weighted by molar-refractivity contribution is 5.24. The van der Waals surface area contributed by atoms with Gasteiger partial charge in [-0.15, -0.1) is 0 Å². The summed E-state index contributed by atoms with van der Waals surface area (Å²) < 4.78 is 0. The van der Waals surface area contributed by atoms with Crippen molar-refractivity contribution in [3.8, 4) is 11.9 Å². The third-order valence-corrected chi connectivity index (χ3v) is 0.959. The van der Waals surface area contributed by atoms with Gasteiger partial charge >= 0.3 is 0 Å². The van der Waals surface area contributed by atoms with Gasteiger partial charge in [0.05, 0.1) is 0 Å². The van der Waals surface area contributed by atoms with E-state index in [0.29, 0.717) is 5.69 Å². The first-order chi connectivity index (χ1) is 4.86. The van der Waals surface area contributed by atoms with Gasteiger partial charge in [0.1, 0.15) is 11.8 Å². The van der Waals surface area contributed by atoms with Gasteiger partial charge < -0.3 is 4.84 Å². The van der Waals surface area contributed by atoms with Crippen LogP contribution in [0, 0.1) is 11.3 Å². The normalized spacial score (nSPS) is 8.40. The molecule has 0 unspecified atom stereocenters. The molecule has 0 aliphatic carbocycles. The molecule has 0 amide bonds. The van der Waals surface area contributed by atoms with E-state index in [1.807, 2.05) is 6.07 Å². The Morgan fingerprint density at radius 1 is 1.60 bits per heavy atom. The van der Waals surface area contributed by atoms with Crippen molar-refractivity contribution < 1.29 is 4.84 Å². The molecule has 0 aliphatic rings. The smallest absolute Gasteiger partial charge is 0.238 e. The van der Waals surface area contributed by atoms with Crippen molar-refractivity contribution in [2.75, 3.05) is 0 Å². The van der Waals surface area contributed by atoms with Crippen molar-refractivity contribution in [3.05, 3.63) is 23.9 Å². The minimum absolute atomic E-state index is 0.249. The summed E-state index contributed by atoms with van der Waals surface area (Å²) in [5.41, 5.74) is 0.294. The van der Waals surface area contributed by atoms with Crippen LogP contribution in [0.1, 0.15) is 5.69 Å². The van der Waals surface area contributed by atoms with Crippen LogP contribution >= 0.6 is 0 Å². The molecule has 0 spiro atoms. The molecule has 0 atom stereocenters. The molecule has 0 aromatic carbocycles. The summed E-state index contributed by atoms with van der Waals surface area (Å²) in [5, 5.41) is 8.35. The number of rotatable bonds is 1. The zero-order chi connectivity index (χ0) is 7.40. The lowest BCUT2D eigenvalue weighted by atomic mass is 10.4. The largest absolute Gasteiger partial charge is 0.391 e. The van der Waals surface area contributed by atoms with E-state index in [2.05, 4.69) is 9.82 Å². The van der Waals surface area contributed by atoms with E-state index in [9.17, 15) is 0 Å². The van der Waals surface area contributed by atoms with Crippen LogP contribution in [0.25, 0.3) is 0 Å². The van der Waals surface area contributed by atoms with E-state index >= 15 is 0 Å². The van der Waals surface area contributed by atoms with Gasteiger partial charge in [0, 0.05) is 6.07 Å². The topological polar surface area (TPSA) is 71.9 Å². The monoisotopic (exact) mass is 135 g/mol. The summed E-state index contributed by atoms with van der Waals surface area (Å²) in [5.74, 6) is 5.05. The number of pyridine rings is 1. The van der Waals surface area contributed by atoms with Crippen LogP contribution in [0.4, 0.5) is 0 Å². The van der Waals surface area contributed by atoms with Gasteiger partial charge in [-0.3, -0.25) is 0 Å². The molecule has 0 bridgehead atoms. The van der Waals surface area contributed by atoms with Crippen LogP contribution in [-0.4, -0.2) is 4.98 Å². The number of nitrogens with zero attached hydrogens (tertiary/aromatic N) is 2. The van der Waals surface area contributed by atoms with Gasteiger partial charge in [-0.05, 0) is 6.07 Å². The minimum Gasteiger partial charge on any atom is -0.391 e. The SMILES string of the molecule is N#Cc1cccc(ON)n1. The fraction of sp³-hybridized carbons (Fsp3) is 0. The average Bonchev–Trinajstić information content (AvgIpc) is 2.05. The maximum Gasteiger partial charge on any atom is 0.238 e. The molecule has 0 saturated heterocycles. The molecular formula is C6H5N3O. The van der Waals surface area contributed by atoms with Gasteiger partial charge in [0.2, 0.25) is 5.88 Å². The Labute approximate surface area is 57.8 Å². The van der Waals surface area contributed by atoms with Crippen molar-refractivity contribution in [2.45, 2.75) is 0 Å². The van der Waals surface area contributed by atoms with Crippen LogP contribution < -0.4 is 10.7 Å². The molecule has 10 heavy (non-hydrogen) atoms. The van der Waals surface area contributed by atoms with Crippen molar-refractivity contribution in [1.82, 2.24) is 4.98 Å². The van der Waals surface area contributed by atoms with Gasteiger partial charge in [-0.25, -0.2) is 4.98 Å². The molecular weight excluding hydrogens is 130 g/mol. The zero-order valence-corrected chi connectivity index (χ0v) is 5.11. The number of nitriles is 1. The van der Waals surface area contributed by atoms with E-state index in [-0.39, 0.29) is 5.88 Å². The van der Waals surface area contributed by atoms with Crippen LogP contribution in [0.5, 0.6) is 5.88 Å². The van der Waals surface area contributed by atoms with E-state index in [1.165, 1.54) is 0 Å². The Morgan fingerprint density at radius 2 is 2.40 bits per heavy atom. The van der Waals surface area contributed by atoms with E-state index in [1.54, 1.807) is 18.2 Å². The molecule has 2 N–H and O–H groups in total. The summed E-state index contributed by atoms with van der Waals surface area (Å²) in [6, 6.07) is 6.64. The minimum atomic E-state index is 0.249. The highest BCUT2D eigenvalue weighted by atomic mass is 16.6. The third kappa shape index (κ3) is 1.21. The first-order valence-corrected chi connectivity index (χ1v) is 2.60. The Bertz CT molecular complexity index is 266. The van der Waals surface area contributed by atoms with Crippen LogP contribution in [0.15, 0.2) is 18.2 Å². The predicted octanol–water partition coefficient (Wildman–Crippen LogP) is 0.206. The highest BCUT2D eigenvalue weighted by Crippen LogP contribution is 2.03. The summed E-state index contributed by atoms with van der Waals surface area (Å²) in [7, 11) is 0. The Balaban J connectivity index is 3.01. The molecule has 1 aromatic heterocycles. The number of aromatic nitrogens is 1. The van der Waals surface area contributed by atoms with Crippen LogP contribution in [0.3, 0.4) is 0 Å². The van der Waals surface area contributed by atoms with Crippen molar-refractivity contribution in [3.63, 3.8) is 0 Å². The molecule has 0 saturated carbocycles. The standard InChI is InChI=1S/C6H5N3O/c7-4-5-2-1-3-6(9-5)10-8/h1-3H,8H2. The van der Waals surface area contributed by atoms with E-state index in [4.69, 9.17) is 11.2 Å². The Hall–Kier alpha value is -1.60. The van der Waals surface area contributed by atoms with Crippen LogP contribution in [0.2, 0.25) is 0 Å². The molecule has 1 aromatic rings. The van der Waals surface area contributed by atoms with E-state index < -0.39 is 0 Å². The second-order valence-electron chi connectivity index (χ2n) is 1.59. The molecule has 0 radical (unpaired) electrons. The average molecular weight is 135 g/mol. The summed E-state index contributed by atoms with van der Waals surface area (Å²) in [6.45, 7) is 0. The van der Waals surface area contributed by atoms with Gasteiger partial charge in [0.15, 0.2) is 0 Å². The van der Waals surface area contributed by atoms with E-state index in [0.717, 1.165) is 0 Å². The number of hydrogen-bond donors (Lipinski definition) is 1. The highest BCUT2D eigenvalue weighted by Gasteiger charge is 1.93. The molecule has 1 rings (SSSR count). The lowest BCUT2D eigenvalue weighted by molar-refractivity contribution is 0.320. The second-order valence-corrected chi connectivity index (χ2v) is 1.59. The first kappa shape index (κ1) is 6.52. The molecule has 50 valence electrons. The first-order valence-electron chi connectivity index (χ1n) is 2.60. The molecule has 1 heterocycles. The van der Waals surface area contributed by atoms with Crippen LogP contribution in [-0.2, 0) is 0 Å². The quantitative estimate of drug-likeness (QED) is 0.558. The lowest BCUT2D eigenvalue weighted by Crippen LogP contribution is -2.03. The Morgan fingerprint density at radius 3 is 3.00 bits per heavy atom. The van der Waals surface area contributed by atoms with Gasteiger partial charge in [-0.2, -0.15) is 11.2 Å².